The van der Waals surface area contributed by atoms with Crippen molar-refractivity contribution in [3.63, 3.8) is 0 Å². The molecule has 2 aliphatic rings. The fraction of sp³-hybridized carbons (Fsp3) is 0.647. The van der Waals surface area contributed by atoms with Gasteiger partial charge in [-0.15, -0.1) is 0 Å². The highest BCUT2D eigenvalue weighted by Gasteiger charge is 2.43. The Morgan fingerprint density at radius 3 is 2.70 bits per heavy atom. The van der Waals surface area contributed by atoms with Gasteiger partial charge in [-0.25, -0.2) is 4.39 Å². The summed E-state index contributed by atoms with van der Waals surface area (Å²) in [5, 5.41) is 3.67. The van der Waals surface area contributed by atoms with E-state index < -0.39 is 0 Å². The van der Waals surface area contributed by atoms with E-state index in [0.717, 1.165) is 31.6 Å². The minimum Gasteiger partial charge on any atom is -0.385 e. The molecule has 1 aromatic rings. The Hall–Kier alpha value is -0.930. The summed E-state index contributed by atoms with van der Waals surface area (Å²) < 4.78 is 18.9. The standard InChI is InChI=1S/C17H24FNO/c1-20-9-8-17(6-7-17)12-19-14-10-13(11-14)15-4-2-3-5-16(15)18/h2-5,13-14,19H,6-12H2,1H3. The molecule has 2 fully saturated rings. The van der Waals surface area contributed by atoms with Gasteiger partial charge in [0.25, 0.3) is 0 Å². The van der Waals surface area contributed by atoms with Crippen LogP contribution in [0.5, 0.6) is 0 Å². The van der Waals surface area contributed by atoms with E-state index >= 15 is 0 Å². The molecule has 0 amide bonds. The first-order valence-corrected chi connectivity index (χ1v) is 7.69. The molecule has 3 rings (SSSR count). The molecule has 0 aliphatic heterocycles. The van der Waals surface area contributed by atoms with E-state index in [4.69, 9.17) is 4.74 Å². The van der Waals surface area contributed by atoms with Crippen LogP contribution in [0, 0.1) is 11.2 Å². The second kappa shape index (κ2) is 5.82. The molecular formula is C17H24FNO. The summed E-state index contributed by atoms with van der Waals surface area (Å²) in [6.45, 7) is 1.97. The van der Waals surface area contributed by atoms with Crippen LogP contribution in [0.1, 0.15) is 43.6 Å². The zero-order chi connectivity index (χ0) is 14.0. The molecule has 0 heterocycles. The summed E-state index contributed by atoms with van der Waals surface area (Å²) in [5.41, 5.74) is 1.39. The lowest BCUT2D eigenvalue weighted by Gasteiger charge is -2.37. The largest absolute Gasteiger partial charge is 0.385 e. The van der Waals surface area contributed by atoms with Crippen molar-refractivity contribution in [3.05, 3.63) is 35.6 Å². The second-order valence-electron chi connectivity index (χ2n) is 6.51. The third-order valence-electron chi connectivity index (χ3n) is 5.04. The summed E-state index contributed by atoms with van der Waals surface area (Å²) in [6, 6.07) is 7.76. The van der Waals surface area contributed by atoms with E-state index in [1.807, 2.05) is 12.1 Å². The van der Waals surface area contributed by atoms with E-state index in [0.29, 0.717) is 17.4 Å². The van der Waals surface area contributed by atoms with Gasteiger partial charge in [-0.05, 0) is 55.1 Å². The van der Waals surface area contributed by atoms with Crippen molar-refractivity contribution >= 4 is 0 Å². The predicted molar refractivity (Wildman–Crippen MR) is 78.3 cm³/mol. The van der Waals surface area contributed by atoms with E-state index in [1.54, 1.807) is 19.2 Å². The Balaban J connectivity index is 1.42. The van der Waals surface area contributed by atoms with Crippen molar-refractivity contribution in [3.8, 4) is 0 Å². The van der Waals surface area contributed by atoms with E-state index in [1.165, 1.54) is 19.3 Å². The Labute approximate surface area is 120 Å². The van der Waals surface area contributed by atoms with Crippen LogP contribution in [-0.2, 0) is 4.74 Å². The van der Waals surface area contributed by atoms with E-state index in [2.05, 4.69) is 5.32 Å². The molecule has 3 heteroatoms. The molecule has 20 heavy (non-hydrogen) atoms. The maximum Gasteiger partial charge on any atom is 0.126 e. The Bertz CT molecular complexity index is 452. The van der Waals surface area contributed by atoms with Crippen molar-refractivity contribution < 1.29 is 9.13 Å². The number of ether oxygens (including phenoxy) is 1. The summed E-state index contributed by atoms with van der Waals surface area (Å²) in [4.78, 5) is 0. The van der Waals surface area contributed by atoms with Crippen LogP contribution in [0.15, 0.2) is 24.3 Å². The van der Waals surface area contributed by atoms with Crippen molar-refractivity contribution in [2.24, 2.45) is 5.41 Å². The second-order valence-corrected chi connectivity index (χ2v) is 6.51. The highest BCUT2D eigenvalue weighted by atomic mass is 19.1. The minimum atomic E-state index is -0.0466. The van der Waals surface area contributed by atoms with Crippen LogP contribution in [0.3, 0.4) is 0 Å². The molecule has 0 spiro atoms. The molecule has 2 aliphatic carbocycles. The van der Waals surface area contributed by atoms with Gasteiger partial charge >= 0.3 is 0 Å². The lowest BCUT2D eigenvalue weighted by atomic mass is 9.75. The summed E-state index contributed by atoms with van der Waals surface area (Å²) >= 11 is 0. The third-order valence-corrected chi connectivity index (χ3v) is 5.04. The minimum absolute atomic E-state index is 0.0466. The van der Waals surface area contributed by atoms with Crippen LogP contribution >= 0.6 is 0 Å². The Morgan fingerprint density at radius 1 is 1.30 bits per heavy atom. The van der Waals surface area contributed by atoms with Gasteiger partial charge < -0.3 is 10.1 Å². The number of halogens is 1. The zero-order valence-corrected chi connectivity index (χ0v) is 12.2. The maximum atomic E-state index is 13.7. The monoisotopic (exact) mass is 277 g/mol. The van der Waals surface area contributed by atoms with Gasteiger partial charge in [-0.2, -0.15) is 0 Å². The molecule has 0 saturated heterocycles. The Morgan fingerprint density at radius 2 is 2.05 bits per heavy atom. The van der Waals surface area contributed by atoms with Gasteiger partial charge in [-0.1, -0.05) is 18.2 Å². The lowest BCUT2D eigenvalue weighted by Crippen LogP contribution is -2.43. The number of hydrogen-bond donors (Lipinski definition) is 1. The average Bonchev–Trinajstić information content (AvgIpc) is 3.17. The number of nitrogens with one attached hydrogen (secondary N) is 1. The first-order chi connectivity index (χ1) is 9.72. The fourth-order valence-electron chi connectivity index (χ4n) is 3.22. The van der Waals surface area contributed by atoms with Crippen molar-refractivity contribution in [2.45, 2.75) is 44.1 Å². The molecule has 1 N–H and O–H groups in total. The highest BCUT2D eigenvalue weighted by Crippen LogP contribution is 2.49. The predicted octanol–water partition coefficient (Wildman–Crippen LogP) is 3.48. The number of rotatable bonds is 7. The van der Waals surface area contributed by atoms with Crippen molar-refractivity contribution in [1.82, 2.24) is 5.32 Å². The van der Waals surface area contributed by atoms with Crippen LogP contribution in [0.2, 0.25) is 0 Å². The molecule has 1 aromatic carbocycles. The number of methoxy groups -OCH3 is 1. The number of hydrogen-bond acceptors (Lipinski definition) is 2. The summed E-state index contributed by atoms with van der Waals surface area (Å²) in [5.74, 6) is 0.359. The average molecular weight is 277 g/mol. The van der Waals surface area contributed by atoms with Crippen LogP contribution < -0.4 is 5.32 Å². The molecule has 0 atom stereocenters. The van der Waals surface area contributed by atoms with Crippen molar-refractivity contribution in [2.75, 3.05) is 20.3 Å². The van der Waals surface area contributed by atoms with Gasteiger partial charge in [0, 0.05) is 26.3 Å². The molecule has 2 saturated carbocycles. The molecule has 2 nitrogen and oxygen atoms in total. The van der Waals surface area contributed by atoms with Crippen LogP contribution in [0.4, 0.5) is 4.39 Å². The van der Waals surface area contributed by atoms with E-state index in [-0.39, 0.29) is 5.82 Å². The SMILES string of the molecule is COCCC1(CNC2CC(c3ccccc3F)C2)CC1. The third kappa shape index (κ3) is 3.04. The zero-order valence-electron chi connectivity index (χ0n) is 12.2. The number of benzene rings is 1. The van der Waals surface area contributed by atoms with Crippen molar-refractivity contribution in [1.29, 1.82) is 0 Å². The van der Waals surface area contributed by atoms with Gasteiger partial charge in [0.1, 0.15) is 5.82 Å². The van der Waals surface area contributed by atoms with E-state index in [9.17, 15) is 4.39 Å². The summed E-state index contributed by atoms with van der Waals surface area (Å²) in [7, 11) is 1.77. The lowest BCUT2D eigenvalue weighted by molar-refractivity contribution is 0.166. The first kappa shape index (κ1) is 14.0. The van der Waals surface area contributed by atoms with Gasteiger partial charge in [0.05, 0.1) is 0 Å². The molecule has 0 radical (unpaired) electrons. The summed E-state index contributed by atoms with van der Waals surface area (Å²) in [6.07, 6.45) is 5.96. The highest BCUT2D eigenvalue weighted by molar-refractivity contribution is 5.24. The smallest absolute Gasteiger partial charge is 0.126 e. The van der Waals surface area contributed by atoms with Gasteiger partial charge in [0.15, 0.2) is 0 Å². The first-order valence-electron chi connectivity index (χ1n) is 7.69. The quantitative estimate of drug-likeness (QED) is 0.824. The molecule has 0 aromatic heterocycles. The molecule has 0 bridgehead atoms. The molecule has 0 unspecified atom stereocenters. The Kier molecular flexibility index (Phi) is 4.08. The van der Waals surface area contributed by atoms with Gasteiger partial charge in [-0.3, -0.25) is 0 Å². The maximum absolute atomic E-state index is 13.7. The topological polar surface area (TPSA) is 21.3 Å². The molecular weight excluding hydrogens is 253 g/mol. The molecule has 110 valence electrons. The van der Waals surface area contributed by atoms with Crippen LogP contribution in [-0.4, -0.2) is 26.3 Å². The fourth-order valence-corrected chi connectivity index (χ4v) is 3.22. The normalized spacial score (nSPS) is 27.1. The van der Waals surface area contributed by atoms with Crippen LogP contribution in [0.25, 0.3) is 0 Å². The van der Waals surface area contributed by atoms with Gasteiger partial charge in [0.2, 0.25) is 0 Å².